The lowest BCUT2D eigenvalue weighted by Crippen LogP contribution is -2.29. The number of rotatable bonds is 4. The lowest BCUT2D eigenvalue weighted by atomic mass is 10.2. The summed E-state index contributed by atoms with van der Waals surface area (Å²) >= 11 is 0. The van der Waals surface area contributed by atoms with Crippen molar-refractivity contribution in [2.24, 2.45) is 0 Å². The van der Waals surface area contributed by atoms with E-state index in [2.05, 4.69) is 0 Å². The first kappa shape index (κ1) is 11.5. The Kier molecular flexibility index (Phi) is 4.12. The normalized spacial score (nSPS) is 10.0. The molecule has 0 aliphatic carbocycles. The van der Waals surface area contributed by atoms with Gasteiger partial charge in [0.2, 0.25) is 5.91 Å². The largest absolute Gasteiger partial charge is 0.399 e. The number of hydrogen-bond donors (Lipinski definition) is 1. The number of anilines is 1. The molecule has 0 bridgehead atoms. The van der Waals surface area contributed by atoms with Crippen LogP contribution in [0.3, 0.4) is 0 Å². The molecule has 1 aromatic rings. The molecule has 1 amide bonds. The number of nitrogen functional groups attached to an aromatic ring is 1. The molecular weight excluding hydrogens is 192 g/mol. The molecule has 0 spiro atoms. The molecule has 0 saturated heterocycles. The zero-order chi connectivity index (χ0) is 11.3. The van der Waals surface area contributed by atoms with Crippen LogP contribution in [-0.4, -0.2) is 31.6 Å². The van der Waals surface area contributed by atoms with Crippen LogP contribution in [0.25, 0.3) is 0 Å². The maximum absolute atomic E-state index is 11.4. The maximum atomic E-state index is 11.4. The van der Waals surface area contributed by atoms with Gasteiger partial charge in [0.15, 0.2) is 0 Å². The Hall–Kier alpha value is -1.55. The number of likely N-dealkylation sites (N-methyl/N-ethyl adjacent to an activating group) is 1. The second-order valence-corrected chi connectivity index (χ2v) is 3.42. The van der Waals surface area contributed by atoms with Gasteiger partial charge >= 0.3 is 0 Å². The summed E-state index contributed by atoms with van der Waals surface area (Å²) in [7, 11) is 3.26. The van der Waals surface area contributed by atoms with Crippen LogP contribution in [0.15, 0.2) is 24.3 Å². The first-order valence-electron chi connectivity index (χ1n) is 4.71. The summed E-state index contributed by atoms with van der Waals surface area (Å²) in [6, 6.07) is 7.46. The average molecular weight is 208 g/mol. The van der Waals surface area contributed by atoms with Gasteiger partial charge in [-0.15, -0.1) is 0 Å². The van der Waals surface area contributed by atoms with E-state index in [1.54, 1.807) is 11.9 Å². The number of benzene rings is 1. The van der Waals surface area contributed by atoms with E-state index >= 15 is 0 Å². The third-order valence-corrected chi connectivity index (χ3v) is 2.09. The lowest BCUT2D eigenvalue weighted by molar-refractivity contribution is -0.134. The molecule has 0 unspecified atom stereocenters. The molecule has 0 aromatic heterocycles. The molecule has 82 valence electrons. The fraction of sp³-hybridized carbons (Fsp3) is 0.364. The molecular formula is C11H16N2O2. The topological polar surface area (TPSA) is 55.6 Å². The lowest BCUT2D eigenvalue weighted by Gasteiger charge is -2.16. The minimum Gasteiger partial charge on any atom is -0.399 e. The molecule has 15 heavy (non-hydrogen) atoms. The Labute approximate surface area is 89.6 Å². The van der Waals surface area contributed by atoms with Crippen molar-refractivity contribution in [3.05, 3.63) is 29.8 Å². The minimum atomic E-state index is -0.0330. The van der Waals surface area contributed by atoms with E-state index in [9.17, 15) is 4.79 Å². The van der Waals surface area contributed by atoms with Crippen molar-refractivity contribution < 1.29 is 9.53 Å². The van der Waals surface area contributed by atoms with Crippen LogP contribution < -0.4 is 5.73 Å². The van der Waals surface area contributed by atoms with Crippen LogP contribution in [0.2, 0.25) is 0 Å². The van der Waals surface area contributed by atoms with Gasteiger partial charge in [-0.2, -0.15) is 0 Å². The highest BCUT2D eigenvalue weighted by Gasteiger charge is 2.07. The summed E-state index contributed by atoms with van der Waals surface area (Å²) in [5.74, 6) is -0.0330. The van der Waals surface area contributed by atoms with Gasteiger partial charge in [0.1, 0.15) is 6.61 Å². The van der Waals surface area contributed by atoms with E-state index in [1.807, 2.05) is 24.3 Å². The van der Waals surface area contributed by atoms with Crippen molar-refractivity contribution >= 4 is 11.6 Å². The van der Waals surface area contributed by atoms with Crippen molar-refractivity contribution in [2.45, 2.75) is 6.54 Å². The van der Waals surface area contributed by atoms with Gasteiger partial charge in [-0.25, -0.2) is 0 Å². The monoisotopic (exact) mass is 208 g/mol. The summed E-state index contributed by atoms with van der Waals surface area (Å²) < 4.78 is 4.77. The van der Waals surface area contributed by atoms with Crippen LogP contribution >= 0.6 is 0 Å². The second kappa shape index (κ2) is 5.36. The van der Waals surface area contributed by atoms with Crippen molar-refractivity contribution in [3.63, 3.8) is 0 Å². The first-order valence-corrected chi connectivity index (χ1v) is 4.71. The van der Waals surface area contributed by atoms with E-state index in [0.717, 1.165) is 11.3 Å². The molecule has 0 heterocycles. The van der Waals surface area contributed by atoms with E-state index in [-0.39, 0.29) is 12.5 Å². The van der Waals surface area contributed by atoms with E-state index in [1.165, 1.54) is 7.11 Å². The number of nitrogens with two attached hydrogens (primary N) is 1. The fourth-order valence-electron chi connectivity index (χ4n) is 1.22. The van der Waals surface area contributed by atoms with Gasteiger partial charge in [0, 0.05) is 26.4 Å². The summed E-state index contributed by atoms with van der Waals surface area (Å²) in [5.41, 5.74) is 7.34. The summed E-state index contributed by atoms with van der Waals surface area (Å²) in [5, 5.41) is 0. The number of nitrogens with zero attached hydrogens (tertiary/aromatic N) is 1. The maximum Gasteiger partial charge on any atom is 0.248 e. The molecule has 1 rings (SSSR count). The Bertz CT molecular complexity index is 322. The van der Waals surface area contributed by atoms with Crippen molar-refractivity contribution in [1.29, 1.82) is 0 Å². The first-order chi connectivity index (χ1) is 7.13. The van der Waals surface area contributed by atoms with Gasteiger partial charge in [-0.3, -0.25) is 4.79 Å². The molecule has 1 aromatic carbocycles. The van der Waals surface area contributed by atoms with E-state index in [0.29, 0.717) is 6.54 Å². The third kappa shape index (κ3) is 3.59. The fourth-order valence-corrected chi connectivity index (χ4v) is 1.22. The van der Waals surface area contributed by atoms with Crippen LogP contribution in [0.4, 0.5) is 5.69 Å². The Morgan fingerprint density at radius 2 is 2.00 bits per heavy atom. The average Bonchev–Trinajstić information content (AvgIpc) is 2.22. The molecule has 2 N–H and O–H groups in total. The van der Waals surface area contributed by atoms with Gasteiger partial charge in [0.25, 0.3) is 0 Å². The second-order valence-electron chi connectivity index (χ2n) is 3.42. The van der Waals surface area contributed by atoms with Crippen LogP contribution in [0, 0.1) is 0 Å². The minimum absolute atomic E-state index is 0.0330. The smallest absolute Gasteiger partial charge is 0.248 e. The van der Waals surface area contributed by atoms with Crippen LogP contribution in [0.5, 0.6) is 0 Å². The summed E-state index contributed by atoms with van der Waals surface area (Å²) in [6.45, 7) is 0.688. The third-order valence-electron chi connectivity index (χ3n) is 2.09. The molecule has 0 radical (unpaired) electrons. The standard InChI is InChI=1S/C11H16N2O2/c1-13(11(14)8-15-2)7-9-3-5-10(12)6-4-9/h3-6H,7-8,12H2,1-2H3. The Morgan fingerprint density at radius 3 is 2.53 bits per heavy atom. The Balaban J connectivity index is 2.54. The van der Waals surface area contributed by atoms with Crippen molar-refractivity contribution in [1.82, 2.24) is 4.90 Å². The molecule has 0 fully saturated rings. The number of methoxy groups -OCH3 is 1. The molecule has 0 saturated carbocycles. The quantitative estimate of drug-likeness (QED) is 0.747. The van der Waals surface area contributed by atoms with Crippen molar-refractivity contribution in [3.8, 4) is 0 Å². The SMILES string of the molecule is COCC(=O)N(C)Cc1ccc(N)cc1. The molecule has 4 nitrogen and oxygen atoms in total. The highest BCUT2D eigenvalue weighted by Crippen LogP contribution is 2.07. The predicted octanol–water partition coefficient (Wildman–Crippen LogP) is 0.874. The van der Waals surface area contributed by atoms with E-state index < -0.39 is 0 Å². The highest BCUT2D eigenvalue weighted by molar-refractivity contribution is 5.77. The van der Waals surface area contributed by atoms with Gasteiger partial charge < -0.3 is 15.4 Å². The number of carbonyl (C=O) groups is 1. The summed E-state index contributed by atoms with van der Waals surface area (Å²) in [4.78, 5) is 13.0. The number of amides is 1. The molecule has 4 heteroatoms. The summed E-state index contributed by atoms with van der Waals surface area (Å²) in [6.07, 6.45) is 0. The molecule has 0 aliphatic heterocycles. The van der Waals surface area contributed by atoms with Gasteiger partial charge in [-0.1, -0.05) is 12.1 Å². The number of carbonyl (C=O) groups excluding carboxylic acids is 1. The van der Waals surface area contributed by atoms with Crippen LogP contribution in [-0.2, 0) is 16.1 Å². The number of ether oxygens (including phenoxy) is 1. The predicted molar refractivity (Wildman–Crippen MR) is 59.2 cm³/mol. The van der Waals surface area contributed by atoms with Crippen molar-refractivity contribution in [2.75, 3.05) is 26.5 Å². The molecule has 0 atom stereocenters. The molecule has 0 aliphatic rings. The van der Waals surface area contributed by atoms with Gasteiger partial charge in [-0.05, 0) is 17.7 Å². The van der Waals surface area contributed by atoms with Crippen LogP contribution in [0.1, 0.15) is 5.56 Å². The van der Waals surface area contributed by atoms with E-state index in [4.69, 9.17) is 10.5 Å². The zero-order valence-corrected chi connectivity index (χ0v) is 9.06. The zero-order valence-electron chi connectivity index (χ0n) is 9.06. The van der Waals surface area contributed by atoms with Gasteiger partial charge in [0.05, 0.1) is 0 Å². The Morgan fingerprint density at radius 1 is 1.40 bits per heavy atom. The number of hydrogen-bond acceptors (Lipinski definition) is 3. The highest BCUT2D eigenvalue weighted by atomic mass is 16.5.